The van der Waals surface area contributed by atoms with Gasteiger partial charge in [-0.3, -0.25) is 0 Å². The molecule has 3 unspecified atom stereocenters. The normalized spacial score (nSPS) is 18.0. The zero-order chi connectivity index (χ0) is 51.8. The van der Waals surface area contributed by atoms with Gasteiger partial charge in [0, 0.05) is 41.7 Å². The Hall–Kier alpha value is -6.81. The van der Waals surface area contributed by atoms with E-state index in [0.29, 0.717) is 0 Å². The molecule has 5 heterocycles. The largest absolute Gasteiger partial charge is 0.389 e. The van der Waals surface area contributed by atoms with Crippen LogP contribution in [0.3, 0.4) is 0 Å². The Morgan fingerprint density at radius 2 is 0.634 bits per heavy atom. The molecule has 0 saturated carbocycles. The van der Waals surface area contributed by atoms with E-state index in [-0.39, 0.29) is 11.0 Å². The third-order valence-corrected chi connectivity index (χ3v) is 11.8. The Kier molecular flexibility index (Phi) is 13.6. The van der Waals surface area contributed by atoms with Crippen LogP contribution in [0.1, 0.15) is 51.7 Å². The van der Waals surface area contributed by atoms with Crippen molar-refractivity contribution >= 4 is 39.6 Å². The molecule has 4 aliphatic heterocycles. The number of aliphatic hydroxyl groups is 6. The second-order valence-corrected chi connectivity index (χ2v) is 15.9. The highest BCUT2D eigenvalue weighted by atomic mass is 19.2. The zero-order valence-corrected chi connectivity index (χ0v) is 35.5. The molecular weight excluding hydrogens is 975 g/mol. The van der Waals surface area contributed by atoms with Crippen molar-refractivity contribution in [1.29, 1.82) is 0 Å². The number of nitrogens with zero attached hydrogens (tertiary/aromatic N) is 3. The highest BCUT2D eigenvalue weighted by molar-refractivity contribution is 6.37. The molecule has 25 heteroatoms. The monoisotopic (exact) mass is 1010 g/mol. The fourth-order valence-corrected chi connectivity index (χ4v) is 8.15. The summed E-state index contributed by atoms with van der Waals surface area (Å²) in [6, 6.07) is 2.17. The first kappa shape index (κ1) is 50.6. The molecular formula is C46H33F12N7O6. The molecule has 0 aliphatic carbocycles. The molecule has 8 bridgehead atoms. The molecule has 4 aliphatic rings. The number of nitrogens with two attached hydrogens (primary N) is 3. The van der Waals surface area contributed by atoms with Gasteiger partial charge in [0.1, 0.15) is 18.3 Å². The molecule has 0 fully saturated rings. The lowest BCUT2D eigenvalue weighted by molar-refractivity contribution is 0.0190. The molecule has 1 aromatic heterocycles. The van der Waals surface area contributed by atoms with E-state index < -0.39 is 210 Å². The van der Waals surface area contributed by atoms with Crippen LogP contribution in [0.2, 0.25) is 0 Å². The summed E-state index contributed by atoms with van der Waals surface area (Å²) in [7, 11) is 0. The summed E-state index contributed by atoms with van der Waals surface area (Å²) >= 11 is 0. The average molecular weight is 1010 g/mol. The van der Waals surface area contributed by atoms with Gasteiger partial charge < -0.3 is 52.8 Å². The second kappa shape index (κ2) is 19.1. The van der Waals surface area contributed by atoms with Gasteiger partial charge >= 0.3 is 0 Å². The Balaban J connectivity index is 1.52. The smallest absolute Gasteiger partial charge is 0.170 e. The van der Waals surface area contributed by atoms with Crippen LogP contribution < -0.4 is 27.9 Å². The van der Waals surface area contributed by atoms with E-state index in [2.05, 4.69) is 20.0 Å². The number of aliphatic hydroxyl groups excluding tert-OH is 6. The van der Waals surface area contributed by atoms with Crippen molar-refractivity contribution in [3.8, 4) is 0 Å². The van der Waals surface area contributed by atoms with Gasteiger partial charge in [-0.2, -0.15) is 0 Å². The van der Waals surface area contributed by atoms with E-state index in [9.17, 15) is 30.6 Å². The molecule has 0 saturated heterocycles. The fraction of sp³-hybridized carbons (Fsp3) is 0.196. The van der Waals surface area contributed by atoms with E-state index >= 15 is 52.7 Å². The van der Waals surface area contributed by atoms with Gasteiger partial charge in [-0.05, 0) is 48.6 Å². The Bertz CT molecular complexity index is 3290. The van der Waals surface area contributed by atoms with E-state index in [0.717, 1.165) is 48.6 Å². The molecule has 13 nitrogen and oxygen atoms in total. The number of nitrogens with one attached hydrogen (secondary N) is 1. The van der Waals surface area contributed by atoms with Crippen LogP contribution in [-0.4, -0.2) is 90.7 Å². The molecule has 4 aromatic rings. The summed E-state index contributed by atoms with van der Waals surface area (Å²) < 4.78 is 194. The predicted octanol–water partition coefficient (Wildman–Crippen LogP) is 2.92. The highest BCUT2D eigenvalue weighted by Crippen LogP contribution is 2.42. The number of rotatable bonds is 12. The predicted molar refractivity (Wildman–Crippen MR) is 228 cm³/mol. The third kappa shape index (κ3) is 8.07. The number of hydrogen-bond acceptors (Lipinski definition) is 12. The van der Waals surface area contributed by atoms with E-state index in [4.69, 9.17) is 17.2 Å². The lowest BCUT2D eigenvalue weighted by atomic mass is 9.93. The lowest BCUT2D eigenvalue weighted by Crippen LogP contribution is -2.29. The number of benzene rings is 3. The maximum atomic E-state index is 16.6. The van der Waals surface area contributed by atoms with Crippen LogP contribution in [0.5, 0.6) is 0 Å². The van der Waals surface area contributed by atoms with Gasteiger partial charge in [0.15, 0.2) is 69.8 Å². The number of allylic oxidation sites excluding steroid dienone is 7. The molecule has 71 heavy (non-hydrogen) atoms. The summed E-state index contributed by atoms with van der Waals surface area (Å²) in [5, 5.41) is 60.7. The fourth-order valence-electron chi connectivity index (χ4n) is 8.15. The quantitative estimate of drug-likeness (QED) is 0.0739. The first-order valence-corrected chi connectivity index (χ1v) is 20.6. The molecule has 0 radical (unpaired) electrons. The van der Waals surface area contributed by atoms with Crippen molar-refractivity contribution in [3.05, 3.63) is 174 Å². The number of halogens is 12. The minimum atomic E-state index is -2.70. The molecule has 0 spiro atoms. The van der Waals surface area contributed by atoms with Crippen molar-refractivity contribution in [1.82, 2.24) is 4.98 Å². The van der Waals surface area contributed by atoms with Crippen LogP contribution in [-0.2, 0) is 0 Å². The molecule has 13 N–H and O–H groups in total. The first-order valence-electron chi connectivity index (χ1n) is 20.6. The van der Waals surface area contributed by atoms with Gasteiger partial charge in [0.05, 0.1) is 91.3 Å². The van der Waals surface area contributed by atoms with Crippen LogP contribution in [0.25, 0.3) is 22.4 Å². The number of H-pyrrole nitrogens is 1. The number of aliphatic imine (C=N–C) groups is 3. The van der Waals surface area contributed by atoms with Crippen LogP contribution in [0.4, 0.5) is 52.7 Å². The summed E-state index contributed by atoms with van der Waals surface area (Å²) in [4.78, 5) is 15.3. The van der Waals surface area contributed by atoms with E-state index in [1.54, 1.807) is 0 Å². The lowest BCUT2D eigenvalue weighted by Gasteiger charge is -2.21. The van der Waals surface area contributed by atoms with Crippen molar-refractivity contribution in [3.63, 3.8) is 0 Å². The number of hydrogen-bond donors (Lipinski definition) is 10. The maximum Gasteiger partial charge on any atom is 0.170 e. The Morgan fingerprint density at radius 3 is 0.958 bits per heavy atom. The van der Waals surface area contributed by atoms with Gasteiger partial charge in [0.25, 0.3) is 0 Å². The zero-order valence-electron chi connectivity index (χ0n) is 35.5. The summed E-state index contributed by atoms with van der Waals surface area (Å²) in [5.74, 6) is -27.2. The average Bonchev–Trinajstić information content (AvgIpc) is 4.21. The van der Waals surface area contributed by atoms with Crippen molar-refractivity contribution in [2.75, 3.05) is 19.6 Å². The van der Waals surface area contributed by atoms with Gasteiger partial charge in [0.2, 0.25) is 0 Å². The third-order valence-electron chi connectivity index (χ3n) is 11.8. The van der Waals surface area contributed by atoms with Gasteiger partial charge in [-0.15, -0.1) is 0 Å². The van der Waals surface area contributed by atoms with Gasteiger partial charge in [-0.1, -0.05) is 0 Å². The molecule has 372 valence electrons. The van der Waals surface area contributed by atoms with E-state index in [1.165, 1.54) is 0 Å². The van der Waals surface area contributed by atoms with Gasteiger partial charge in [-0.25, -0.2) is 67.7 Å². The number of aromatic amines is 1. The number of aromatic nitrogens is 1. The second-order valence-electron chi connectivity index (χ2n) is 15.9. The molecule has 0 amide bonds. The minimum absolute atomic E-state index is 0.169. The Labute approximate surface area is 389 Å². The highest BCUT2D eigenvalue weighted by Gasteiger charge is 2.40. The van der Waals surface area contributed by atoms with Crippen molar-refractivity contribution < 1.29 is 83.3 Å². The van der Waals surface area contributed by atoms with E-state index in [1.807, 2.05) is 0 Å². The first-order chi connectivity index (χ1) is 33.6. The SMILES string of the molecule is NC[C@H](O)C(O)c1c(F)c(F)c(C2=C3C=CC(=N3)C(c3c(F)c(F)c(C(O)[C@@H](O)CN)c(F)c3F)=C3C=CC(=N3)C(c3c(F)c(F)c(C(O)[C@@H](O)CN)c(F)c3F)=c3ccc([nH]3)=C3C=CC2=N3)c(F)c1F. The summed E-state index contributed by atoms with van der Waals surface area (Å²) in [6.07, 6.45) is -9.12. The number of fused-ring (bicyclic) bond motifs is 5. The van der Waals surface area contributed by atoms with Crippen LogP contribution in [0, 0.1) is 69.8 Å². The van der Waals surface area contributed by atoms with Crippen molar-refractivity contribution in [2.45, 2.75) is 36.6 Å². The Morgan fingerprint density at radius 1 is 0.366 bits per heavy atom. The molecule has 3 aromatic carbocycles. The topological polar surface area (TPSA) is 252 Å². The standard InChI is InChI=1S/C46H33F12N7O6/c47-32-26(33(48)39(54)29(38(32)53)44(69)20(66)9-59)23-14-3-1-12(62-14)13-2-4-15(63-13)24(27-34(49)40(55)30(41(56)35(27)50)45(70)21(67)10-60)17-6-8-19(65-17)25(18-7-5-16(23)64-18)28-36(51)42(57)31(43(58)37(28)52)46(71)22(68)11-61/h1-8,20-22,44-46,62,66-71H,9-11,59-61H2/t20-,21-,22-,44?,45?,46?/m0/s1. The van der Waals surface area contributed by atoms with Crippen molar-refractivity contribution in [2.24, 2.45) is 32.2 Å². The maximum absolute atomic E-state index is 16.6. The molecule has 8 rings (SSSR count). The summed E-state index contributed by atoms with van der Waals surface area (Å²) in [5.41, 5.74) is -1.27. The molecule has 6 atom stereocenters. The van der Waals surface area contributed by atoms with Crippen LogP contribution >= 0.6 is 0 Å². The van der Waals surface area contributed by atoms with Crippen LogP contribution in [0.15, 0.2) is 75.0 Å². The summed E-state index contributed by atoms with van der Waals surface area (Å²) in [6.45, 7) is -2.57. The minimum Gasteiger partial charge on any atom is -0.389 e.